The van der Waals surface area contributed by atoms with E-state index in [0.717, 1.165) is 11.1 Å². The lowest BCUT2D eigenvalue weighted by Crippen LogP contribution is -2.04. The van der Waals surface area contributed by atoms with Gasteiger partial charge in [-0.15, -0.1) is 0 Å². The highest BCUT2D eigenvalue weighted by Crippen LogP contribution is 2.19. The van der Waals surface area contributed by atoms with Crippen LogP contribution in [0.5, 0.6) is 5.75 Å². The Kier molecular flexibility index (Phi) is 3.20. The van der Waals surface area contributed by atoms with Gasteiger partial charge < -0.3 is 9.47 Å². The standard InChI is InChI=1S/C13H13O2/c1-14-8-9-15-13-7-6-11-4-2-3-5-12(11)10-13/h2-7H,8-9H2,1H3. The number of hydrogen-bond acceptors (Lipinski definition) is 2. The molecule has 1 radical (unpaired) electrons. The molecule has 0 bridgehead atoms. The van der Waals surface area contributed by atoms with E-state index in [1.807, 2.05) is 30.3 Å². The number of benzene rings is 2. The second-order valence-electron chi connectivity index (χ2n) is 3.25. The highest BCUT2D eigenvalue weighted by atomic mass is 16.5. The molecule has 0 heterocycles. The predicted molar refractivity (Wildman–Crippen MR) is 60.2 cm³/mol. The molecule has 2 nitrogen and oxygen atoms in total. The van der Waals surface area contributed by atoms with Crippen LogP contribution in [-0.4, -0.2) is 20.3 Å². The largest absolute Gasteiger partial charge is 0.491 e. The molecule has 0 atom stereocenters. The SMILES string of the molecule is COCCOc1[c]c2ccccc2cc1. The van der Waals surface area contributed by atoms with Gasteiger partial charge in [-0.2, -0.15) is 0 Å². The Bertz CT molecular complexity index is 437. The first kappa shape index (κ1) is 9.99. The van der Waals surface area contributed by atoms with Crippen LogP contribution in [0.1, 0.15) is 0 Å². The first-order valence-electron chi connectivity index (χ1n) is 4.93. The van der Waals surface area contributed by atoms with Crippen molar-refractivity contribution in [2.75, 3.05) is 20.3 Å². The maximum absolute atomic E-state index is 5.47. The van der Waals surface area contributed by atoms with Gasteiger partial charge in [-0.25, -0.2) is 0 Å². The predicted octanol–water partition coefficient (Wildman–Crippen LogP) is 2.67. The summed E-state index contributed by atoms with van der Waals surface area (Å²) in [6, 6.07) is 15.3. The maximum atomic E-state index is 5.47. The fourth-order valence-electron chi connectivity index (χ4n) is 1.42. The molecular formula is C13H13O2. The van der Waals surface area contributed by atoms with Crippen molar-refractivity contribution in [3.63, 3.8) is 0 Å². The first-order valence-corrected chi connectivity index (χ1v) is 4.93. The summed E-state index contributed by atoms with van der Waals surface area (Å²) in [7, 11) is 1.66. The van der Waals surface area contributed by atoms with Gasteiger partial charge >= 0.3 is 0 Å². The Morgan fingerprint density at radius 2 is 1.93 bits per heavy atom. The minimum Gasteiger partial charge on any atom is -0.491 e. The van der Waals surface area contributed by atoms with Gasteiger partial charge in [0.1, 0.15) is 12.4 Å². The van der Waals surface area contributed by atoms with E-state index in [1.54, 1.807) is 7.11 Å². The molecule has 0 unspecified atom stereocenters. The molecule has 0 aliphatic carbocycles. The molecule has 0 aromatic heterocycles. The Labute approximate surface area is 89.4 Å². The summed E-state index contributed by atoms with van der Waals surface area (Å²) < 4.78 is 10.4. The normalized spacial score (nSPS) is 10.5. The van der Waals surface area contributed by atoms with Crippen molar-refractivity contribution in [1.29, 1.82) is 0 Å². The van der Waals surface area contributed by atoms with Gasteiger partial charge in [0, 0.05) is 13.2 Å². The van der Waals surface area contributed by atoms with Gasteiger partial charge in [-0.05, 0) is 16.8 Å². The van der Waals surface area contributed by atoms with Gasteiger partial charge in [-0.1, -0.05) is 30.3 Å². The van der Waals surface area contributed by atoms with Crippen molar-refractivity contribution in [3.05, 3.63) is 42.5 Å². The number of fused-ring (bicyclic) bond motifs is 1. The van der Waals surface area contributed by atoms with Crippen molar-refractivity contribution >= 4 is 10.8 Å². The fraction of sp³-hybridized carbons (Fsp3) is 0.231. The third kappa shape index (κ3) is 2.48. The van der Waals surface area contributed by atoms with Crippen LogP contribution in [0, 0.1) is 6.07 Å². The van der Waals surface area contributed by atoms with Crippen molar-refractivity contribution < 1.29 is 9.47 Å². The highest BCUT2D eigenvalue weighted by molar-refractivity contribution is 5.83. The third-order valence-corrected chi connectivity index (χ3v) is 2.18. The maximum Gasteiger partial charge on any atom is 0.128 e. The van der Waals surface area contributed by atoms with Crippen LogP contribution in [-0.2, 0) is 4.74 Å². The molecule has 0 saturated heterocycles. The summed E-state index contributed by atoms with van der Waals surface area (Å²) in [5.74, 6) is 0.769. The molecule has 0 amide bonds. The van der Waals surface area contributed by atoms with Crippen LogP contribution in [0.2, 0.25) is 0 Å². The van der Waals surface area contributed by atoms with Gasteiger partial charge in [0.15, 0.2) is 0 Å². The van der Waals surface area contributed by atoms with Crippen LogP contribution < -0.4 is 4.74 Å². The zero-order chi connectivity index (χ0) is 10.5. The van der Waals surface area contributed by atoms with Crippen molar-refractivity contribution in [3.8, 4) is 5.75 Å². The van der Waals surface area contributed by atoms with E-state index in [9.17, 15) is 0 Å². The van der Waals surface area contributed by atoms with E-state index in [-0.39, 0.29) is 0 Å². The summed E-state index contributed by atoms with van der Waals surface area (Å²) in [5.41, 5.74) is 0. The summed E-state index contributed by atoms with van der Waals surface area (Å²) in [4.78, 5) is 0. The minimum atomic E-state index is 0.561. The van der Waals surface area contributed by atoms with E-state index in [1.165, 1.54) is 5.39 Å². The highest BCUT2D eigenvalue weighted by Gasteiger charge is 1.96. The van der Waals surface area contributed by atoms with Crippen LogP contribution in [0.25, 0.3) is 10.8 Å². The van der Waals surface area contributed by atoms with Crippen molar-refractivity contribution in [1.82, 2.24) is 0 Å². The van der Waals surface area contributed by atoms with E-state index in [2.05, 4.69) is 12.1 Å². The van der Waals surface area contributed by atoms with Crippen LogP contribution in [0.3, 0.4) is 0 Å². The first-order chi connectivity index (χ1) is 7.40. The molecule has 0 saturated carbocycles. The second-order valence-corrected chi connectivity index (χ2v) is 3.25. The molecule has 0 fully saturated rings. The average molecular weight is 201 g/mol. The summed E-state index contributed by atoms with van der Waals surface area (Å²) in [6.07, 6.45) is 0. The molecular weight excluding hydrogens is 188 g/mol. The summed E-state index contributed by atoms with van der Waals surface area (Å²) in [5, 5.41) is 2.25. The van der Waals surface area contributed by atoms with E-state index >= 15 is 0 Å². The zero-order valence-corrected chi connectivity index (χ0v) is 8.69. The number of methoxy groups -OCH3 is 1. The second kappa shape index (κ2) is 4.80. The lowest BCUT2D eigenvalue weighted by Gasteiger charge is -2.05. The molecule has 2 aromatic carbocycles. The minimum absolute atomic E-state index is 0.561. The number of rotatable bonds is 4. The van der Waals surface area contributed by atoms with E-state index in [4.69, 9.17) is 9.47 Å². The lowest BCUT2D eigenvalue weighted by molar-refractivity contribution is 0.146. The summed E-state index contributed by atoms with van der Waals surface area (Å²) in [6.45, 7) is 1.16. The molecule has 2 rings (SSSR count). The van der Waals surface area contributed by atoms with Crippen LogP contribution >= 0.6 is 0 Å². The molecule has 0 aliphatic heterocycles. The molecule has 0 spiro atoms. The van der Waals surface area contributed by atoms with E-state index < -0.39 is 0 Å². The quantitative estimate of drug-likeness (QED) is 0.708. The Morgan fingerprint density at radius 3 is 2.80 bits per heavy atom. The van der Waals surface area contributed by atoms with Crippen LogP contribution in [0.4, 0.5) is 0 Å². The topological polar surface area (TPSA) is 18.5 Å². The lowest BCUT2D eigenvalue weighted by atomic mass is 10.1. The molecule has 77 valence electrons. The smallest absolute Gasteiger partial charge is 0.128 e. The monoisotopic (exact) mass is 201 g/mol. The number of ether oxygens (including phenoxy) is 2. The zero-order valence-electron chi connectivity index (χ0n) is 8.69. The van der Waals surface area contributed by atoms with Crippen molar-refractivity contribution in [2.24, 2.45) is 0 Å². The molecule has 15 heavy (non-hydrogen) atoms. The number of hydrogen-bond donors (Lipinski definition) is 0. The Hall–Kier alpha value is -1.54. The van der Waals surface area contributed by atoms with Gasteiger partial charge in [0.2, 0.25) is 0 Å². The van der Waals surface area contributed by atoms with Gasteiger partial charge in [-0.3, -0.25) is 0 Å². The third-order valence-electron chi connectivity index (χ3n) is 2.18. The van der Waals surface area contributed by atoms with Crippen molar-refractivity contribution in [2.45, 2.75) is 0 Å². The Morgan fingerprint density at radius 1 is 1.07 bits per heavy atom. The average Bonchev–Trinajstić information content (AvgIpc) is 2.29. The fourth-order valence-corrected chi connectivity index (χ4v) is 1.42. The van der Waals surface area contributed by atoms with Gasteiger partial charge in [0.25, 0.3) is 0 Å². The Balaban J connectivity index is 2.16. The van der Waals surface area contributed by atoms with E-state index in [0.29, 0.717) is 13.2 Å². The molecule has 0 aliphatic rings. The molecule has 2 aromatic rings. The van der Waals surface area contributed by atoms with Crippen LogP contribution in [0.15, 0.2) is 36.4 Å². The van der Waals surface area contributed by atoms with Gasteiger partial charge in [0.05, 0.1) is 6.61 Å². The molecule has 0 N–H and O–H groups in total. The molecule has 2 heteroatoms. The summed E-state index contributed by atoms with van der Waals surface area (Å²) >= 11 is 0.